The summed E-state index contributed by atoms with van der Waals surface area (Å²) in [5.41, 5.74) is 5.14. The second-order valence-corrected chi connectivity index (χ2v) is 4.68. The van der Waals surface area contributed by atoms with Crippen LogP contribution >= 0.6 is 11.6 Å². The average Bonchev–Trinajstić information content (AvgIpc) is 2.41. The van der Waals surface area contributed by atoms with Crippen LogP contribution in [0.15, 0.2) is 30.5 Å². The number of hydrogen-bond donors (Lipinski definition) is 3. The zero-order valence-corrected chi connectivity index (χ0v) is 11.3. The molecule has 1 aromatic carbocycles. The molecule has 2 aromatic rings. The van der Waals surface area contributed by atoms with Crippen LogP contribution in [0.1, 0.15) is 11.1 Å². The van der Waals surface area contributed by atoms with Gasteiger partial charge in [-0.2, -0.15) is 13.2 Å². The number of nitrogens with one attached hydrogen (secondary N) is 1. The van der Waals surface area contributed by atoms with Crippen molar-refractivity contribution in [1.29, 1.82) is 0 Å². The molecule has 1 heterocycles. The van der Waals surface area contributed by atoms with Crippen LogP contribution in [0.4, 0.5) is 30.4 Å². The van der Waals surface area contributed by atoms with E-state index in [0.29, 0.717) is 10.7 Å². The Bertz CT molecular complexity index is 662. The van der Waals surface area contributed by atoms with Gasteiger partial charge in [0.25, 0.3) is 0 Å². The quantitative estimate of drug-likeness (QED) is 0.757. The van der Waals surface area contributed by atoms with E-state index in [-0.39, 0.29) is 17.1 Å². The molecule has 112 valence electrons. The number of halogens is 4. The largest absolute Gasteiger partial charge is 0.416 e. The molecule has 1 aromatic heterocycles. The molecule has 2 rings (SSSR count). The van der Waals surface area contributed by atoms with Crippen LogP contribution < -0.4 is 11.1 Å². The average molecular weight is 318 g/mol. The monoisotopic (exact) mass is 317 g/mol. The topological polar surface area (TPSA) is 71.2 Å². The van der Waals surface area contributed by atoms with Gasteiger partial charge in [0.05, 0.1) is 23.5 Å². The number of anilines is 3. The molecule has 0 amide bonds. The number of nitrogens with two attached hydrogens (primary N) is 1. The van der Waals surface area contributed by atoms with Gasteiger partial charge >= 0.3 is 6.18 Å². The molecule has 0 spiro atoms. The number of nitrogens with zero attached hydrogens (tertiary/aromatic N) is 1. The van der Waals surface area contributed by atoms with Crippen molar-refractivity contribution in [3.05, 3.63) is 46.6 Å². The minimum absolute atomic E-state index is 0.0338. The van der Waals surface area contributed by atoms with E-state index < -0.39 is 18.3 Å². The Hall–Kier alpha value is -1.99. The predicted octanol–water partition coefficient (Wildman–Crippen LogP) is 3.57. The zero-order valence-electron chi connectivity index (χ0n) is 10.6. The Morgan fingerprint density at radius 3 is 2.57 bits per heavy atom. The summed E-state index contributed by atoms with van der Waals surface area (Å²) in [5, 5.41) is 12.0. The minimum atomic E-state index is -4.58. The fourth-order valence-electron chi connectivity index (χ4n) is 1.73. The van der Waals surface area contributed by atoms with Crippen LogP contribution in [-0.2, 0) is 12.8 Å². The molecular formula is C13H11ClF3N3O. The smallest absolute Gasteiger partial charge is 0.397 e. The van der Waals surface area contributed by atoms with Crippen molar-refractivity contribution in [3.63, 3.8) is 0 Å². The molecule has 0 atom stereocenters. The molecule has 0 unspecified atom stereocenters. The van der Waals surface area contributed by atoms with Crippen molar-refractivity contribution in [3.8, 4) is 0 Å². The number of aliphatic hydroxyl groups excluding tert-OH is 1. The number of nitrogen functional groups attached to an aromatic ring is 1. The molecule has 8 heteroatoms. The van der Waals surface area contributed by atoms with Gasteiger partial charge in [0.2, 0.25) is 0 Å². The Morgan fingerprint density at radius 1 is 1.29 bits per heavy atom. The summed E-state index contributed by atoms with van der Waals surface area (Å²) in [7, 11) is 0. The third-order valence-corrected chi connectivity index (χ3v) is 2.97. The lowest BCUT2D eigenvalue weighted by atomic mass is 10.1. The summed E-state index contributed by atoms with van der Waals surface area (Å²) in [6.45, 7) is -0.745. The number of rotatable bonds is 3. The molecule has 4 nitrogen and oxygen atoms in total. The Kier molecular flexibility index (Phi) is 4.24. The molecule has 4 N–H and O–H groups in total. The standard InChI is InChI=1S/C13H11ClF3N3O/c14-8-1-2-11(10(18)3-8)20-12-4-9(13(15,16)17)7(6-21)5-19-12/h1-5,21H,6,18H2,(H,19,20). The van der Waals surface area contributed by atoms with Crippen LogP contribution in [0, 0.1) is 0 Å². The molecule has 21 heavy (non-hydrogen) atoms. The molecule has 0 aliphatic carbocycles. The first kappa shape index (κ1) is 15.4. The molecule has 0 radical (unpaired) electrons. The number of pyridine rings is 1. The molecular weight excluding hydrogens is 307 g/mol. The maximum absolute atomic E-state index is 12.9. The van der Waals surface area contributed by atoms with Crippen molar-refractivity contribution in [2.45, 2.75) is 12.8 Å². The minimum Gasteiger partial charge on any atom is -0.397 e. The van der Waals surface area contributed by atoms with Gasteiger partial charge in [0, 0.05) is 16.8 Å². The highest BCUT2D eigenvalue weighted by molar-refractivity contribution is 6.31. The van der Waals surface area contributed by atoms with Gasteiger partial charge in [-0.1, -0.05) is 11.6 Å². The van der Waals surface area contributed by atoms with Crippen LogP contribution in [0.5, 0.6) is 0 Å². The number of benzene rings is 1. The Morgan fingerprint density at radius 2 is 2.00 bits per heavy atom. The van der Waals surface area contributed by atoms with Crippen molar-refractivity contribution < 1.29 is 18.3 Å². The highest BCUT2D eigenvalue weighted by Crippen LogP contribution is 2.34. The predicted molar refractivity (Wildman–Crippen MR) is 74.3 cm³/mol. The SMILES string of the molecule is Nc1cc(Cl)ccc1Nc1cc(C(F)(F)F)c(CO)cn1. The van der Waals surface area contributed by atoms with Crippen molar-refractivity contribution in [1.82, 2.24) is 4.98 Å². The van der Waals surface area contributed by atoms with Crippen molar-refractivity contribution in [2.75, 3.05) is 11.1 Å². The summed E-state index contributed by atoms with van der Waals surface area (Å²) < 4.78 is 38.6. The molecule has 0 aliphatic rings. The first-order valence-corrected chi connectivity index (χ1v) is 6.18. The molecule has 0 bridgehead atoms. The number of alkyl halides is 3. The normalized spacial score (nSPS) is 11.5. The fraction of sp³-hybridized carbons (Fsp3) is 0.154. The van der Waals surface area contributed by atoms with Gasteiger partial charge in [-0.25, -0.2) is 4.98 Å². The summed E-state index contributed by atoms with van der Waals surface area (Å²) in [5.74, 6) is -0.0338. The fourth-order valence-corrected chi connectivity index (χ4v) is 1.91. The van der Waals surface area contributed by atoms with E-state index in [1.54, 1.807) is 6.07 Å². The summed E-state index contributed by atoms with van der Waals surface area (Å²) in [6.07, 6.45) is -3.61. The van der Waals surface area contributed by atoms with Crippen molar-refractivity contribution >= 4 is 28.8 Å². The Labute approximate surface area is 123 Å². The van der Waals surface area contributed by atoms with E-state index in [4.69, 9.17) is 22.4 Å². The molecule has 0 aliphatic heterocycles. The Balaban J connectivity index is 2.37. The van der Waals surface area contributed by atoms with Gasteiger partial charge in [0.1, 0.15) is 5.82 Å². The van der Waals surface area contributed by atoms with Gasteiger partial charge in [0.15, 0.2) is 0 Å². The lowest BCUT2D eigenvalue weighted by Crippen LogP contribution is -2.11. The molecule has 0 fully saturated rings. The van der Waals surface area contributed by atoms with Crippen LogP contribution in [-0.4, -0.2) is 10.1 Å². The lowest BCUT2D eigenvalue weighted by Gasteiger charge is -2.14. The van der Waals surface area contributed by atoms with Crippen molar-refractivity contribution in [2.24, 2.45) is 0 Å². The third kappa shape index (κ3) is 3.56. The third-order valence-electron chi connectivity index (χ3n) is 2.74. The summed E-state index contributed by atoms with van der Waals surface area (Å²) in [6, 6.07) is 5.37. The van der Waals surface area contributed by atoms with E-state index in [0.717, 1.165) is 12.3 Å². The molecule has 0 saturated carbocycles. The highest BCUT2D eigenvalue weighted by atomic mass is 35.5. The van der Waals surface area contributed by atoms with E-state index in [9.17, 15) is 13.2 Å². The van der Waals surface area contributed by atoms with Gasteiger partial charge in [-0.05, 0) is 24.3 Å². The highest BCUT2D eigenvalue weighted by Gasteiger charge is 2.33. The first-order chi connectivity index (χ1) is 9.81. The second-order valence-electron chi connectivity index (χ2n) is 4.24. The number of aromatic nitrogens is 1. The van der Waals surface area contributed by atoms with E-state index in [1.807, 2.05) is 0 Å². The maximum atomic E-state index is 12.9. The first-order valence-electron chi connectivity index (χ1n) is 5.80. The molecule has 0 saturated heterocycles. The summed E-state index contributed by atoms with van der Waals surface area (Å²) in [4.78, 5) is 3.82. The zero-order chi connectivity index (χ0) is 15.6. The lowest BCUT2D eigenvalue weighted by molar-refractivity contribution is -0.138. The van der Waals surface area contributed by atoms with Crippen LogP contribution in [0.3, 0.4) is 0 Å². The number of hydrogen-bond acceptors (Lipinski definition) is 4. The van der Waals surface area contributed by atoms with E-state index in [1.165, 1.54) is 12.1 Å². The summed E-state index contributed by atoms with van der Waals surface area (Å²) >= 11 is 5.74. The van der Waals surface area contributed by atoms with Gasteiger partial charge < -0.3 is 16.2 Å². The van der Waals surface area contributed by atoms with Gasteiger partial charge in [-0.15, -0.1) is 0 Å². The second kappa shape index (κ2) is 5.79. The van der Waals surface area contributed by atoms with Crippen LogP contribution in [0.2, 0.25) is 5.02 Å². The maximum Gasteiger partial charge on any atom is 0.416 e. The van der Waals surface area contributed by atoms with E-state index >= 15 is 0 Å². The van der Waals surface area contributed by atoms with Gasteiger partial charge in [-0.3, -0.25) is 0 Å². The van der Waals surface area contributed by atoms with Crippen LogP contribution in [0.25, 0.3) is 0 Å². The number of aliphatic hydroxyl groups is 1. The van der Waals surface area contributed by atoms with E-state index in [2.05, 4.69) is 10.3 Å².